The number of nitrogens with zero attached hydrogens (tertiary/aromatic N) is 3. The third-order valence-electron chi connectivity index (χ3n) is 5.09. The number of thioether (sulfide) groups is 1. The first-order chi connectivity index (χ1) is 14.2. The van der Waals surface area contributed by atoms with Gasteiger partial charge in [0.2, 0.25) is 5.91 Å². The Labute approximate surface area is 176 Å². The molecule has 2 aromatic heterocycles. The van der Waals surface area contributed by atoms with Crippen LogP contribution in [-0.2, 0) is 4.79 Å². The minimum atomic E-state index is -0.216. The molecule has 148 valence electrons. The molecule has 0 saturated heterocycles. The zero-order valence-corrected chi connectivity index (χ0v) is 17.4. The van der Waals surface area contributed by atoms with Crippen molar-refractivity contribution in [2.45, 2.75) is 43.3 Å². The second kappa shape index (κ2) is 8.80. The van der Waals surface area contributed by atoms with E-state index in [1.165, 1.54) is 29.5 Å². The number of rotatable bonds is 5. The fourth-order valence-electron chi connectivity index (χ4n) is 3.68. The van der Waals surface area contributed by atoms with E-state index in [9.17, 15) is 9.59 Å². The molecule has 1 saturated carbocycles. The lowest BCUT2D eigenvalue weighted by atomic mass is 9.95. The van der Waals surface area contributed by atoms with Crippen molar-refractivity contribution in [2.75, 3.05) is 11.1 Å². The molecule has 8 heteroatoms. The smallest absolute Gasteiger partial charge is 0.262 e. The largest absolute Gasteiger partial charge is 0.316 e. The Balaban J connectivity index is 1.61. The minimum Gasteiger partial charge on any atom is -0.316 e. The van der Waals surface area contributed by atoms with Crippen molar-refractivity contribution in [3.63, 3.8) is 0 Å². The molecule has 1 aliphatic carbocycles. The minimum absolute atomic E-state index is 0.0320. The lowest BCUT2D eigenvalue weighted by Crippen LogP contribution is -2.29. The van der Waals surface area contributed by atoms with E-state index in [1.54, 1.807) is 16.0 Å². The Kier molecular flexibility index (Phi) is 5.97. The second-order valence-corrected chi connectivity index (χ2v) is 8.85. The molecule has 0 spiro atoms. The van der Waals surface area contributed by atoms with Gasteiger partial charge in [0.25, 0.3) is 5.56 Å². The Morgan fingerprint density at radius 1 is 1.28 bits per heavy atom. The molecular formula is C21H20N4O2S2. The van der Waals surface area contributed by atoms with E-state index in [-0.39, 0.29) is 23.3 Å². The molecule has 0 unspecified atom stereocenters. The van der Waals surface area contributed by atoms with Gasteiger partial charge in [0.15, 0.2) is 5.16 Å². The van der Waals surface area contributed by atoms with Gasteiger partial charge in [-0.05, 0) is 36.4 Å². The Morgan fingerprint density at radius 3 is 2.86 bits per heavy atom. The van der Waals surface area contributed by atoms with E-state index < -0.39 is 0 Å². The number of hydrogen-bond acceptors (Lipinski definition) is 6. The molecule has 6 nitrogen and oxygen atoms in total. The normalized spacial score (nSPS) is 14.6. The molecule has 0 bridgehead atoms. The number of benzene rings is 1. The highest BCUT2D eigenvalue weighted by atomic mass is 32.2. The quantitative estimate of drug-likeness (QED) is 0.479. The van der Waals surface area contributed by atoms with Gasteiger partial charge in [-0.3, -0.25) is 14.2 Å². The van der Waals surface area contributed by atoms with Crippen LogP contribution in [0.1, 0.15) is 43.7 Å². The molecule has 1 amide bonds. The van der Waals surface area contributed by atoms with E-state index in [0.29, 0.717) is 26.6 Å². The topological polar surface area (TPSA) is 87.8 Å². The summed E-state index contributed by atoms with van der Waals surface area (Å²) in [5, 5.41) is 15.4. The summed E-state index contributed by atoms with van der Waals surface area (Å²) in [6.45, 7) is 0. The van der Waals surface area contributed by atoms with Crippen molar-refractivity contribution in [3.8, 4) is 6.07 Å². The number of para-hydroxylation sites is 1. The van der Waals surface area contributed by atoms with Crippen LogP contribution in [0.3, 0.4) is 0 Å². The standard InChI is InChI=1S/C21H20N4O2S2/c22-12-14-10-11-28-19(14)24-18(26)13-29-21-23-17-9-5-4-8-16(17)20(27)25(21)15-6-2-1-3-7-15/h4-5,8-11,15H,1-3,6-7,13H2,(H,24,26). The number of hydrogen-bond donors (Lipinski definition) is 1. The summed E-state index contributed by atoms with van der Waals surface area (Å²) < 4.78 is 1.80. The molecule has 29 heavy (non-hydrogen) atoms. The van der Waals surface area contributed by atoms with E-state index in [1.807, 2.05) is 24.3 Å². The summed E-state index contributed by atoms with van der Waals surface area (Å²) >= 11 is 2.59. The fraction of sp³-hybridized carbons (Fsp3) is 0.333. The molecule has 0 aliphatic heterocycles. The van der Waals surface area contributed by atoms with Crippen LogP contribution in [0.2, 0.25) is 0 Å². The lowest BCUT2D eigenvalue weighted by molar-refractivity contribution is -0.113. The van der Waals surface area contributed by atoms with Crippen molar-refractivity contribution in [3.05, 3.63) is 51.6 Å². The van der Waals surface area contributed by atoms with E-state index in [4.69, 9.17) is 10.2 Å². The van der Waals surface area contributed by atoms with Crippen LogP contribution in [0, 0.1) is 11.3 Å². The summed E-state index contributed by atoms with van der Waals surface area (Å²) in [6.07, 6.45) is 5.31. The highest BCUT2D eigenvalue weighted by Crippen LogP contribution is 2.31. The van der Waals surface area contributed by atoms with Crippen LogP contribution in [0.5, 0.6) is 0 Å². The second-order valence-electron chi connectivity index (χ2n) is 6.99. The molecule has 1 aromatic carbocycles. The average molecular weight is 425 g/mol. The van der Waals surface area contributed by atoms with E-state index in [2.05, 4.69) is 11.4 Å². The van der Waals surface area contributed by atoms with Crippen molar-refractivity contribution in [2.24, 2.45) is 0 Å². The van der Waals surface area contributed by atoms with Gasteiger partial charge in [0.1, 0.15) is 11.1 Å². The molecule has 4 rings (SSSR count). The number of nitrogens with one attached hydrogen (secondary N) is 1. The first-order valence-corrected chi connectivity index (χ1v) is 11.5. The van der Waals surface area contributed by atoms with Crippen LogP contribution in [0.4, 0.5) is 5.00 Å². The highest BCUT2D eigenvalue weighted by molar-refractivity contribution is 7.99. The zero-order chi connectivity index (χ0) is 20.2. The Bertz CT molecular complexity index is 1140. The van der Waals surface area contributed by atoms with Crippen LogP contribution >= 0.6 is 23.1 Å². The van der Waals surface area contributed by atoms with Gasteiger partial charge in [-0.2, -0.15) is 5.26 Å². The first kappa shape index (κ1) is 19.7. The van der Waals surface area contributed by atoms with Gasteiger partial charge in [-0.25, -0.2) is 4.98 Å². The maximum Gasteiger partial charge on any atom is 0.262 e. The molecule has 1 aliphatic rings. The zero-order valence-electron chi connectivity index (χ0n) is 15.8. The van der Waals surface area contributed by atoms with Gasteiger partial charge in [-0.15, -0.1) is 11.3 Å². The summed E-state index contributed by atoms with van der Waals surface area (Å²) in [4.78, 5) is 30.4. The van der Waals surface area contributed by atoms with Gasteiger partial charge < -0.3 is 5.32 Å². The van der Waals surface area contributed by atoms with Gasteiger partial charge in [-0.1, -0.05) is 43.2 Å². The van der Waals surface area contributed by atoms with E-state index in [0.717, 1.165) is 25.7 Å². The number of aromatic nitrogens is 2. The summed E-state index contributed by atoms with van der Waals surface area (Å²) in [7, 11) is 0. The number of carbonyl (C=O) groups excluding carboxylic acids is 1. The monoisotopic (exact) mass is 424 g/mol. The summed E-state index contributed by atoms with van der Waals surface area (Å²) in [5.74, 6) is -0.0909. The van der Waals surface area contributed by atoms with Crippen molar-refractivity contribution in [1.29, 1.82) is 5.26 Å². The third-order valence-corrected chi connectivity index (χ3v) is 6.87. The van der Waals surface area contributed by atoms with Gasteiger partial charge >= 0.3 is 0 Å². The number of fused-ring (bicyclic) bond motifs is 1. The lowest BCUT2D eigenvalue weighted by Gasteiger charge is -2.26. The summed E-state index contributed by atoms with van der Waals surface area (Å²) in [5.41, 5.74) is 1.07. The summed E-state index contributed by atoms with van der Waals surface area (Å²) in [6, 6.07) is 11.2. The predicted molar refractivity (Wildman–Crippen MR) is 117 cm³/mol. The van der Waals surface area contributed by atoms with Crippen LogP contribution < -0.4 is 10.9 Å². The van der Waals surface area contributed by atoms with Crippen molar-refractivity contribution >= 4 is 44.9 Å². The SMILES string of the molecule is N#Cc1ccsc1NC(=O)CSc1nc2ccccc2c(=O)n1C1CCCCC1. The van der Waals surface area contributed by atoms with Gasteiger partial charge in [0, 0.05) is 6.04 Å². The Hall–Kier alpha value is -2.63. The van der Waals surface area contributed by atoms with Gasteiger partial charge in [0.05, 0.1) is 22.2 Å². The first-order valence-electron chi connectivity index (χ1n) is 9.59. The number of thiophene rings is 1. The number of anilines is 1. The fourth-order valence-corrected chi connectivity index (χ4v) is 5.30. The average Bonchev–Trinajstić information content (AvgIpc) is 3.20. The molecule has 1 fully saturated rings. The van der Waals surface area contributed by atoms with Crippen LogP contribution in [0.25, 0.3) is 10.9 Å². The molecular weight excluding hydrogens is 404 g/mol. The molecule has 0 atom stereocenters. The third kappa shape index (κ3) is 4.21. The molecule has 0 radical (unpaired) electrons. The van der Waals surface area contributed by atoms with Crippen LogP contribution in [-0.4, -0.2) is 21.2 Å². The molecule has 1 N–H and O–H groups in total. The number of amides is 1. The van der Waals surface area contributed by atoms with Crippen LogP contribution in [0.15, 0.2) is 45.7 Å². The molecule has 3 aromatic rings. The maximum absolute atomic E-state index is 13.2. The molecule has 2 heterocycles. The highest BCUT2D eigenvalue weighted by Gasteiger charge is 2.22. The van der Waals surface area contributed by atoms with Crippen molar-refractivity contribution < 1.29 is 4.79 Å². The Morgan fingerprint density at radius 2 is 2.07 bits per heavy atom. The predicted octanol–water partition coefficient (Wildman–Crippen LogP) is 4.57. The van der Waals surface area contributed by atoms with Crippen molar-refractivity contribution in [1.82, 2.24) is 9.55 Å². The maximum atomic E-state index is 13.2. The van der Waals surface area contributed by atoms with E-state index >= 15 is 0 Å². The number of nitriles is 1. The number of carbonyl (C=O) groups is 1.